The molecule has 0 saturated heterocycles. The molecule has 1 rings (SSSR count). The number of allylic oxidation sites excluding steroid dienone is 2. The van der Waals surface area contributed by atoms with Gasteiger partial charge in [0.25, 0.3) is 19.7 Å². The Balaban J connectivity index is 3.50. The minimum atomic E-state index is -6.74. The van der Waals surface area contributed by atoms with E-state index >= 15 is 0 Å². The van der Waals surface area contributed by atoms with Crippen LogP contribution in [0.5, 0.6) is 0 Å². The van der Waals surface area contributed by atoms with Crippen molar-refractivity contribution in [3.63, 3.8) is 0 Å². The molecule has 0 amide bonds. The van der Waals surface area contributed by atoms with E-state index in [2.05, 4.69) is 0 Å². The molecule has 0 aliphatic heterocycles. The Bertz CT molecular complexity index is 843. The van der Waals surface area contributed by atoms with Crippen molar-refractivity contribution in [2.75, 3.05) is 0 Å². The molecule has 0 heterocycles. The highest BCUT2D eigenvalue weighted by Crippen LogP contribution is 2.38. The zero-order valence-corrected chi connectivity index (χ0v) is 13.9. The number of rotatable bonds is 4. The topological polar surface area (TPSA) is 68.3 Å². The van der Waals surface area contributed by atoms with Gasteiger partial charge < -0.3 is 0 Å². The summed E-state index contributed by atoms with van der Waals surface area (Å²) in [5.74, 6) is 0. The fourth-order valence-electron chi connectivity index (χ4n) is 1.47. The summed E-state index contributed by atoms with van der Waals surface area (Å²) in [7, 11) is -13.5. The van der Waals surface area contributed by atoms with Gasteiger partial charge >= 0.3 is 11.0 Å². The van der Waals surface area contributed by atoms with Crippen LogP contribution in [0.2, 0.25) is 0 Å². The fraction of sp³-hybridized carbons (Fsp3) is 0.231. The van der Waals surface area contributed by atoms with Gasteiger partial charge in [-0.1, -0.05) is 42.0 Å². The molecule has 1 aromatic carbocycles. The third kappa shape index (κ3) is 4.63. The minimum absolute atomic E-state index is 0.245. The maximum absolute atomic E-state index is 12.5. The van der Waals surface area contributed by atoms with Gasteiger partial charge in [0.1, 0.15) is 0 Å². The minimum Gasteiger partial charge on any atom is -0.214 e. The summed E-state index contributed by atoms with van der Waals surface area (Å²) in [5, 5.41) is 0. The molecule has 0 N–H and O–H groups in total. The molecule has 1 aromatic rings. The first kappa shape index (κ1) is 21.2. The summed E-state index contributed by atoms with van der Waals surface area (Å²) in [5.41, 5.74) is -11.3. The van der Waals surface area contributed by atoms with Crippen LogP contribution in [-0.4, -0.2) is 27.9 Å². The van der Waals surface area contributed by atoms with E-state index in [1.165, 1.54) is 12.1 Å². The molecule has 0 aliphatic carbocycles. The summed E-state index contributed by atoms with van der Waals surface area (Å²) < 4.78 is 117. The highest BCUT2D eigenvalue weighted by Gasteiger charge is 2.59. The number of aryl methyl sites for hydroxylation is 1. The molecule has 0 bridgehead atoms. The number of hydrogen-bond acceptors (Lipinski definition) is 4. The molecule has 0 aliphatic rings. The number of sulfone groups is 2. The van der Waals surface area contributed by atoms with Crippen LogP contribution >= 0.6 is 0 Å². The van der Waals surface area contributed by atoms with Gasteiger partial charge in [0.15, 0.2) is 4.24 Å². The van der Waals surface area contributed by atoms with E-state index in [0.29, 0.717) is 11.6 Å². The second kappa shape index (κ2) is 6.83. The molecule has 0 spiro atoms. The molecule has 25 heavy (non-hydrogen) atoms. The molecule has 4 nitrogen and oxygen atoms in total. The number of halogens is 6. The second-order valence-corrected chi connectivity index (χ2v) is 8.73. The lowest BCUT2D eigenvalue weighted by molar-refractivity contribution is -0.0444. The molecule has 12 heteroatoms. The van der Waals surface area contributed by atoms with Crippen LogP contribution in [0.3, 0.4) is 0 Å². The molecule has 0 radical (unpaired) electrons. The van der Waals surface area contributed by atoms with Crippen molar-refractivity contribution >= 4 is 25.8 Å². The van der Waals surface area contributed by atoms with E-state index in [-0.39, 0.29) is 6.08 Å². The normalized spacial score (nSPS) is 13.9. The van der Waals surface area contributed by atoms with Gasteiger partial charge in [-0.05, 0) is 18.6 Å². The Labute approximate surface area is 139 Å². The van der Waals surface area contributed by atoms with Crippen LogP contribution in [0.4, 0.5) is 26.3 Å². The Kier molecular flexibility index (Phi) is 5.79. The summed E-state index contributed by atoms with van der Waals surface area (Å²) in [6, 6.07) is 6.03. The van der Waals surface area contributed by atoms with Gasteiger partial charge in [-0.15, -0.1) is 0 Å². The van der Waals surface area contributed by atoms with Crippen molar-refractivity contribution in [1.29, 1.82) is 0 Å². The molecule has 0 saturated carbocycles. The van der Waals surface area contributed by atoms with Crippen molar-refractivity contribution in [3.05, 3.63) is 51.8 Å². The molecular weight excluding hydrogens is 398 g/mol. The van der Waals surface area contributed by atoms with Gasteiger partial charge in [0.2, 0.25) is 0 Å². The molecular formula is C13H10F6O4S2. The van der Waals surface area contributed by atoms with Crippen molar-refractivity contribution in [2.45, 2.75) is 17.9 Å². The predicted octanol–water partition coefficient (Wildman–Crippen LogP) is 3.72. The molecule has 0 fully saturated rings. The van der Waals surface area contributed by atoms with Crippen molar-refractivity contribution in [1.82, 2.24) is 0 Å². The van der Waals surface area contributed by atoms with Gasteiger partial charge in [0.05, 0.1) is 0 Å². The van der Waals surface area contributed by atoms with Crippen LogP contribution in [0.15, 0.2) is 40.7 Å². The fourth-order valence-corrected chi connectivity index (χ4v) is 4.16. The summed E-state index contributed by atoms with van der Waals surface area (Å²) in [6.45, 7) is 1.72. The van der Waals surface area contributed by atoms with Crippen molar-refractivity contribution in [3.8, 4) is 0 Å². The first-order valence-electron chi connectivity index (χ1n) is 6.18. The standard InChI is InChI=1S/C13H10F6O4S2/c1-9-5-7-10(8-6-9)3-2-4-11(24(20,21)12(14,15)16)25(22,23)13(17,18)19/h2-8H,1H3/b3-2+. The van der Waals surface area contributed by atoms with Crippen LogP contribution in [0.1, 0.15) is 11.1 Å². The molecule has 0 unspecified atom stereocenters. The third-order valence-electron chi connectivity index (χ3n) is 2.74. The van der Waals surface area contributed by atoms with E-state index in [1.54, 1.807) is 19.1 Å². The zero-order valence-electron chi connectivity index (χ0n) is 12.3. The average Bonchev–Trinajstić information content (AvgIpc) is 2.42. The van der Waals surface area contributed by atoms with E-state index in [9.17, 15) is 43.2 Å². The number of benzene rings is 1. The maximum Gasteiger partial charge on any atom is 0.502 e. The zero-order chi connectivity index (χ0) is 19.7. The van der Waals surface area contributed by atoms with E-state index in [0.717, 1.165) is 11.6 Å². The molecule has 0 atom stereocenters. The lowest BCUT2D eigenvalue weighted by Gasteiger charge is -2.13. The SMILES string of the molecule is Cc1ccc(/C=C/C=C(S(=O)(=O)C(F)(F)F)S(=O)(=O)C(F)(F)F)cc1. The molecule has 0 aromatic heterocycles. The second-order valence-electron chi connectivity index (χ2n) is 4.65. The predicted molar refractivity (Wildman–Crippen MR) is 78.2 cm³/mol. The van der Waals surface area contributed by atoms with Crippen LogP contribution in [-0.2, 0) is 19.7 Å². The smallest absolute Gasteiger partial charge is 0.214 e. The lowest BCUT2D eigenvalue weighted by atomic mass is 10.1. The Hall–Kier alpha value is -1.82. The van der Waals surface area contributed by atoms with Crippen molar-refractivity contribution in [2.24, 2.45) is 0 Å². The Morgan fingerprint density at radius 1 is 0.840 bits per heavy atom. The van der Waals surface area contributed by atoms with Gasteiger partial charge in [-0.2, -0.15) is 26.3 Å². The maximum atomic E-state index is 12.5. The number of hydrogen-bond donors (Lipinski definition) is 0. The highest BCUT2D eigenvalue weighted by molar-refractivity contribution is 8.15. The largest absolute Gasteiger partial charge is 0.502 e. The molecule has 140 valence electrons. The van der Waals surface area contributed by atoms with Gasteiger partial charge in [-0.25, -0.2) is 16.8 Å². The summed E-state index contributed by atoms with van der Waals surface area (Å²) >= 11 is 0. The summed E-state index contributed by atoms with van der Waals surface area (Å²) in [4.78, 5) is 0. The lowest BCUT2D eigenvalue weighted by Crippen LogP contribution is -2.34. The Morgan fingerprint density at radius 3 is 1.60 bits per heavy atom. The van der Waals surface area contributed by atoms with Crippen molar-refractivity contribution < 1.29 is 43.2 Å². The van der Waals surface area contributed by atoms with Crippen LogP contribution in [0, 0.1) is 6.92 Å². The highest BCUT2D eigenvalue weighted by atomic mass is 32.3. The first-order chi connectivity index (χ1) is 11.1. The summed E-state index contributed by atoms with van der Waals surface area (Å²) in [6.07, 6.45) is 1.19. The van der Waals surface area contributed by atoms with E-state index < -0.39 is 34.9 Å². The monoisotopic (exact) mass is 408 g/mol. The average molecular weight is 408 g/mol. The number of alkyl halides is 6. The van der Waals surface area contributed by atoms with E-state index in [4.69, 9.17) is 0 Å². The first-order valence-corrected chi connectivity index (χ1v) is 9.15. The van der Waals surface area contributed by atoms with Crippen LogP contribution in [0.25, 0.3) is 6.08 Å². The van der Waals surface area contributed by atoms with Gasteiger partial charge in [0, 0.05) is 0 Å². The van der Waals surface area contributed by atoms with Crippen LogP contribution < -0.4 is 0 Å². The Morgan fingerprint density at radius 2 is 1.24 bits per heavy atom. The van der Waals surface area contributed by atoms with Gasteiger partial charge in [-0.3, -0.25) is 0 Å². The van der Waals surface area contributed by atoms with E-state index in [1.807, 2.05) is 0 Å². The third-order valence-corrected chi connectivity index (χ3v) is 6.60. The quantitative estimate of drug-likeness (QED) is 0.563.